The molecule has 0 unspecified atom stereocenters. The van der Waals surface area contributed by atoms with E-state index in [0.717, 1.165) is 46.9 Å². The molecule has 4 aromatic rings. The second kappa shape index (κ2) is 9.09. The first kappa shape index (κ1) is 20.7. The molecule has 0 saturated heterocycles. The number of nitrogens with zero attached hydrogens (tertiary/aromatic N) is 3. The maximum absolute atomic E-state index is 6.33. The fourth-order valence-electron chi connectivity index (χ4n) is 3.75. The zero-order chi connectivity index (χ0) is 21.8. The van der Waals surface area contributed by atoms with Crippen molar-refractivity contribution in [3.63, 3.8) is 0 Å². The van der Waals surface area contributed by atoms with Gasteiger partial charge in [-0.3, -0.25) is 0 Å². The molecule has 0 aliphatic heterocycles. The number of anilines is 2. The Bertz CT molecular complexity index is 1110. The maximum atomic E-state index is 6.33. The highest BCUT2D eigenvalue weighted by molar-refractivity contribution is 5.80. The van der Waals surface area contributed by atoms with Gasteiger partial charge in [-0.2, -0.15) is 0 Å². The van der Waals surface area contributed by atoms with Gasteiger partial charge < -0.3 is 14.2 Å². The molecular formula is C27H29N3O. The summed E-state index contributed by atoms with van der Waals surface area (Å²) in [4.78, 5) is 9.34. The van der Waals surface area contributed by atoms with Crippen LogP contribution in [-0.2, 0) is 0 Å². The zero-order valence-electron chi connectivity index (χ0n) is 18.7. The molecule has 0 spiro atoms. The molecular weight excluding hydrogens is 382 g/mol. The predicted molar refractivity (Wildman–Crippen MR) is 131 cm³/mol. The second-order valence-electron chi connectivity index (χ2n) is 7.72. The van der Waals surface area contributed by atoms with Crippen molar-refractivity contribution in [1.82, 2.24) is 4.98 Å². The SMILES string of the molecule is CCN(CC)c1ccc(-c2nc(-c3ccc(N(C)C)cc3)oc2-c2ccccc2)cc1. The van der Waals surface area contributed by atoms with Crippen molar-refractivity contribution in [2.75, 3.05) is 37.0 Å². The molecule has 1 heterocycles. The molecule has 4 heteroatoms. The van der Waals surface area contributed by atoms with E-state index in [9.17, 15) is 0 Å². The lowest BCUT2D eigenvalue weighted by Crippen LogP contribution is -2.21. The van der Waals surface area contributed by atoms with Crippen molar-refractivity contribution < 1.29 is 4.42 Å². The highest BCUT2D eigenvalue weighted by Gasteiger charge is 2.18. The summed E-state index contributed by atoms with van der Waals surface area (Å²) in [5.41, 5.74) is 6.27. The highest BCUT2D eigenvalue weighted by Crippen LogP contribution is 2.36. The van der Waals surface area contributed by atoms with Crippen LogP contribution in [0.1, 0.15) is 13.8 Å². The molecule has 158 valence electrons. The lowest BCUT2D eigenvalue weighted by molar-refractivity contribution is 0.589. The minimum Gasteiger partial charge on any atom is -0.435 e. The Labute approximate surface area is 184 Å². The van der Waals surface area contributed by atoms with Crippen LogP contribution in [-0.4, -0.2) is 32.2 Å². The summed E-state index contributed by atoms with van der Waals surface area (Å²) in [6.45, 7) is 6.33. The van der Waals surface area contributed by atoms with Gasteiger partial charge in [0, 0.05) is 55.2 Å². The Balaban J connectivity index is 1.77. The van der Waals surface area contributed by atoms with Crippen LogP contribution in [0.15, 0.2) is 83.3 Å². The first-order valence-electron chi connectivity index (χ1n) is 10.8. The quantitative estimate of drug-likeness (QED) is 0.343. The first-order valence-corrected chi connectivity index (χ1v) is 10.8. The summed E-state index contributed by atoms with van der Waals surface area (Å²) < 4.78 is 6.33. The summed E-state index contributed by atoms with van der Waals surface area (Å²) >= 11 is 0. The largest absolute Gasteiger partial charge is 0.435 e. The van der Waals surface area contributed by atoms with E-state index in [4.69, 9.17) is 9.40 Å². The number of benzene rings is 3. The smallest absolute Gasteiger partial charge is 0.227 e. The van der Waals surface area contributed by atoms with Crippen molar-refractivity contribution in [2.24, 2.45) is 0 Å². The molecule has 1 aromatic heterocycles. The Hall–Kier alpha value is -3.53. The van der Waals surface area contributed by atoms with Crippen molar-refractivity contribution in [3.05, 3.63) is 78.9 Å². The lowest BCUT2D eigenvalue weighted by atomic mass is 10.1. The summed E-state index contributed by atoms with van der Waals surface area (Å²) in [5, 5.41) is 0. The van der Waals surface area contributed by atoms with Crippen LogP contribution in [0.3, 0.4) is 0 Å². The number of hydrogen-bond acceptors (Lipinski definition) is 4. The van der Waals surface area contributed by atoms with Crippen molar-refractivity contribution in [1.29, 1.82) is 0 Å². The standard InChI is InChI=1S/C27H29N3O/c1-5-30(6-2)24-18-12-20(13-19-24)25-26(21-10-8-7-9-11-21)31-27(28-25)22-14-16-23(17-15-22)29(3)4/h7-19H,5-6H2,1-4H3. The molecule has 4 rings (SSSR count). The third kappa shape index (κ3) is 4.33. The van der Waals surface area contributed by atoms with E-state index in [1.807, 2.05) is 32.3 Å². The summed E-state index contributed by atoms with van der Waals surface area (Å²) in [6.07, 6.45) is 0. The van der Waals surface area contributed by atoms with Gasteiger partial charge in [0.2, 0.25) is 5.89 Å². The Kier molecular flexibility index (Phi) is 6.08. The van der Waals surface area contributed by atoms with Gasteiger partial charge in [0.25, 0.3) is 0 Å². The van der Waals surface area contributed by atoms with Gasteiger partial charge in [-0.1, -0.05) is 42.5 Å². The molecule has 4 nitrogen and oxygen atoms in total. The molecule has 0 amide bonds. The zero-order valence-corrected chi connectivity index (χ0v) is 18.7. The summed E-state index contributed by atoms with van der Waals surface area (Å²) in [6, 6.07) is 27.1. The fourth-order valence-corrected chi connectivity index (χ4v) is 3.75. The molecule has 0 N–H and O–H groups in total. The van der Waals surface area contributed by atoms with E-state index < -0.39 is 0 Å². The van der Waals surface area contributed by atoms with Gasteiger partial charge in [0.15, 0.2) is 5.76 Å². The second-order valence-corrected chi connectivity index (χ2v) is 7.72. The van der Waals surface area contributed by atoms with Crippen LogP contribution in [0.25, 0.3) is 34.0 Å². The first-order chi connectivity index (χ1) is 15.1. The summed E-state index contributed by atoms with van der Waals surface area (Å²) in [5.74, 6) is 1.43. The number of oxazole rings is 1. The molecule has 31 heavy (non-hydrogen) atoms. The molecule has 0 fully saturated rings. The monoisotopic (exact) mass is 411 g/mol. The molecule has 0 atom stereocenters. The van der Waals surface area contributed by atoms with Crippen LogP contribution in [0, 0.1) is 0 Å². The maximum Gasteiger partial charge on any atom is 0.227 e. The lowest BCUT2D eigenvalue weighted by Gasteiger charge is -2.21. The minimum absolute atomic E-state index is 0.631. The van der Waals surface area contributed by atoms with Gasteiger partial charge in [-0.15, -0.1) is 0 Å². The average Bonchev–Trinajstić information content (AvgIpc) is 3.26. The van der Waals surface area contributed by atoms with Gasteiger partial charge in [0.05, 0.1) is 0 Å². The topological polar surface area (TPSA) is 32.5 Å². The molecule has 0 saturated carbocycles. The summed E-state index contributed by atoms with van der Waals surface area (Å²) in [7, 11) is 4.07. The third-order valence-corrected chi connectivity index (χ3v) is 5.56. The normalized spacial score (nSPS) is 10.8. The van der Waals surface area contributed by atoms with E-state index in [2.05, 4.69) is 84.3 Å². The van der Waals surface area contributed by atoms with E-state index in [0.29, 0.717) is 5.89 Å². The number of aromatic nitrogens is 1. The van der Waals surface area contributed by atoms with Gasteiger partial charge >= 0.3 is 0 Å². The van der Waals surface area contributed by atoms with Crippen molar-refractivity contribution >= 4 is 11.4 Å². The van der Waals surface area contributed by atoms with E-state index in [-0.39, 0.29) is 0 Å². The van der Waals surface area contributed by atoms with Crippen molar-refractivity contribution in [3.8, 4) is 34.0 Å². The Morgan fingerprint density at radius 1 is 0.677 bits per heavy atom. The molecule has 0 bridgehead atoms. The number of hydrogen-bond donors (Lipinski definition) is 0. The highest BCUT2D eigenvalue weighted by atomic mass is 16.4. The van der Waals surface area contributed by atoms with Crippen LogP contribution >= 0.6 is 0 Å². The predicted octanol–water partition coefficient (Wildman–Crippen LogP) is 6.59. The Morgan fingerprint density at radius 3 is 1.84 bits per heavy atom. The van der Waals surface area contributed by atoms with E-state index in [1.54, 1.807) is 0 Å². The van der Waals surface area contributed by atoms with Crippen LogP contribution in [0.4, 0.5) is 11.4 Å². The van der Waals surface area contributed by atoms with Crippen LogP contribution in [0.5, 0.6) is 0 Å². The van der Waals surface area contributed by atoms with Crippen LogP contribution < -0.4 is 9.80 Å². The minimum atomic E-state index is 0.631. The fraction of sp³-hybridized carbons (Fsp3) is 0.222. The Morgan fingerprint density at radius 2 is 1.26 bits per heavy atom. The molecule has 0 aliphatic carbocycles. The van der Waals surface area contributed by atoms with Gasteiger partial charge in [-0.05, 0) is 50.2 Å². The average molecular weight is 412 g/mol. The van der Waals surface area contributed by atoms with E-state index >= 15 is 0 Å². The van der Waals surface area contributed by atoms with Gasteiger partial charge in [0.1, 0.15) is 5.69 Å². The molecule has 0 radical (unpaired) electrons. The van der Waals surface area contributed by atoms with Gasteiger partial charge in [-0.25, -0.2) is 4.98 Å². The van der Waals surface area contributed by atoms with Crippen molar-refractivity contribution in [2.45, 2.75) is 13.8 Å². The van der Waals surface area contributed by atoms with E-state index in [1.165, 1.54) is 5.69 Å². The third-order valence-electron chi connectivity index (χ3n) is 5.56. The number of rotatable bonds is 7. The van der Waals surface area contributed by atoms with Crippen LogP contribution in [0.2, 0.25) is 0 Å². The molecule has 3 aromatic carbocycles. The molecule has 0 aliphatic rings.